The fourth-order valence-corrected chi connectivity index (χ4v) is 5.28. The number of hydrogen-bond acceptors (Lipinski definition) is 5. The Balaban J connectivity index is 1.91. The molecule has 0 unspecified atom stereocenters. The van der Waals surface area contributed by atoms with Gasteiger partial charge in [-0.1, -0.05) is 18.2 Å². The molecule has 0 aliphatic carbocycles. The summed E-state index contributed by atoms with van der Waals surface area (Å²) in [6, 6.07) is 13.4. The minimum atomic E-state index is -0.368. The first kappa shape index (κ1) is 21.3. The Labute approximate surface area is 185 Å². The summed E-state index contributed by atoms with van der Waals surface area (Å²) >= 11 is 1.73. The molecule has 7 heteroatoms. The number of hydrogen-bond donors (Lipinski definition) is 1. The number of carbonyl (C=O) groups is 1. The number of para-hydroxylation sites is 1. The second-order valence-electron chi connectivity index (χ2n) is 7.70. The van der Waals surface area contributed by atoms with Crippen LogP contribution in [-0.4, -0.2) is 35.2 Å². The summed E-state index contributed by atoms with van der Waals surface area (Å²) in [5.41, 5.74) is 3.49. The molecule has 6 nitrogen and oxygen atoms in total. The minimum absolute atomic E-state index is 0.0211. The van der Waals surface area contributed by atoms with Gasteiger partial charge in [0.25, 0.3) is 5.91 Å². The normalized spacial score (nSPS) is 16.0. The molecule has 0 bridgehead atoms. The summed E-state index contributed by atoms with van der Waals surface area (Å²) in [5.74, 6) is -0.368. The highest BCUT2D eigenvalue weighted by atomic mass is 32.2. The number of fused-ring (bicyclic) bond motifs is 3. The first-order valence-corrected chi connectivity index (χ1v) is 11.1. The highest BCUT2D eigenvalue weighted by Gasteiger charge is 2.29. The maximum Gasteiger partial charge on any atom is 0.257 e. The molecule has 2 aromatic heterocycles. The van der Waals surface area contributed by atoms with Gasteiger partial charge in [-0.3, -0.25) is 14.6 Å². The number of pyridine rings is 2. The van der Waals surface area contributed by atoms with Gasteiger partial charge in [-0.25, -0.2) is 0 Å². The van der Waals surface area contributed by atoms with Crippen LogP contribution in [0.25, 0.3) is 5.69 Å². The third-order valence-corrected chi connectivity index (χ3v) is 6.65. The van der Waals surface area contributed by atoms with E-state index < -0.39 is 0 Å². The van der Waals surface area contributed by atoms with Gasteiger partial charge in [0.15, 0.2) is 5.43 Å². The van der Waals surface area contributed by atoms with Crippen LogP contribution in [0, 0.1) is 6.92 Å². The van der Waals surface area contributed by atoms with Crippen LogP contribution in [0.5, 0.6) is 0 Å². The van der Waals surface area contributed by atoms with Crippen molar-refractivity contribution in [3.8, 4) is 5.69 Å². The maximum atomic E-state index is 13.2. The zero-order valence-corrected chi connectivity index (χ0v) is 18.6. The molecule has 2 atom stereocenters. The molecule has 0 spiro atoms. The summed E-state index contributed by atoms with van der Waals surface area (Å²) in [4.78, 5) is 31.6. The van der Waals surface area contributed by atoms with Crippen molar-refractivity contribution in [2.75, 3.05) is 13.7 Å². The van der Waals surface area contributed by atoms with Gasteiger partial charge in [-0.2, -0.15) is 0 Å². The number of benzene rings is 1. The van der Waals surface area contributed by atoms with Crippen LogP contribution in [0.2, 0.25) is 0 Å². The predicted molar refractivity (Wildman–Crippen MR) is 122 cm³/mol. The monoisotopic (exact) mass is 435 g/mol. The highest BCUT2D eigenvalue weighted by molar-refractivity contribution is 7.99. The van der Waals surface area contributed by atoms with E-state index in [2.05, 4.69) is 20.9 Å². The third-order valence-electron chi connectivity index (χ3n) is 5.33. The van der Waals surface area contributed by atoms with Crippen LogP contribution in [0.3, 0.4) is 0 Å². The summed E-state index contributed by atoms with van der Waals surface area (Å²) in [6.45, 7) is 4.14. The third kappa shape index (κ3) is 4.29. The molecule has 0 saturated heterocycles. The molecular weight excluding hydrogens is 410 g/mol. The van der Waals surface area contributed by atoms with Gasteiger partial charge in [-0.15, -0.1) is 11.8 Å². The van der Waals surface area contributed by atoms with E-state index >= 15 is 0 Å². The lowest BCUT2D eigenvalue weighted by Crippen LogP contribution is -2.39. The van der Waals surface area contributed by atoms with E-state index in [1.165, 1.54) is 0 Å². The number of nitrogens with one attached hydrogen (secondary N) is 1. The number of rotatable bonds is 5. The number of thioether (sulfide) groups is 1. The predicted octanol–water partition coefficient (Wildman–Crippen LogP) is 3.70. The quantitative estimate of drug-likeness (QED) is 0.662. The molecule has 0 fully saturated rings. The smallest absolute Gasteiger partial charge is 0.257 e. The SMILES string of the molecule is COC[C@H](C)NC(=O)c1c2n(c(C)cc1=O)-c1ccccc1S[C@H](c1cccnc1)C2. The fraction of sp³-hybridized carbons (Fsp3) is 0.292. The van der Waals surface area contributed by atoms with Gasteiger partial charge in [0.1, 0.15) is 5.56 Å². The van der Waals surface area contributed by atoms with Crippen LogP contribution in [0.1, 0.15) is 39.5 Å². The standard InChI is InChI=1S/C24H25N3O3S/c1-15(14-30-3)26-24(29)23-19-12-22(17-7-6-10-25-13-17)31-21-9-5-4-8-18(21)27(19)16(2)11-20(23)28/h4-11,13,15,22H,12,14H2,1-3H3,(H,26,29)/t15-,22-/m0/s1. The molecule has 0 saturated carbocycles. The van der Waals surface area contributed by atoms with Crippen LogP contribution < -0.4 is 10.7 Å². The van der Waals surface area contributed by atoms with Crippen molar-refractivity contribution in [3.05, 3.63) is 87.6 Å². The topological polar surface area (TPSA) is 73.2 Å². The summed E-state index contributed by atoms with van der Waals surface area (Å²) in [7, 11) is 1.59. The van der Waals surface area contributed by atoms with Gasteiger partial charge < -0.3 is 14.6 Å². The maximum absolute atomic E-state index is 13.2. The van der Waals surface area contributed by atoms with E-state index in [-0.39, 0.29) is 28.2 Å². The second-order valence-corrected chi connectivity index (χ2v) is 8.95. The lowest BCUT2D eigenvalue weighted by Gasteiger charge is -2.21. The first-order chi connectivity index (χ1) is 15.0. The summed E-state index contributed by atoms with van der Waals surface area (Å²) in [6.07, 6.45) is 4.13. The minimum Gasteiger partial charge on any atom is -0.383 e. The fourth-order valence-electron chi connectivity index (χ4n) is 4.02. The van der Waals surface area contributed by atoms with Gasteiger partial charge >= 0.3 is 0 Å². The van der Waals surface area contributed by atoms with Crippen molar-refractivity contribution >= 4 is 17.7 Å². The van der Waals surface area contributed by atoms with Gasteiger partial charge in [0.05, 0.1) is 12.3 Å². The lowest BCUT2D eigenvalue weighted by atomic mass is 10.0. The Morgan fingerprint density at radius 2 is 2.13 bits per heavy atom. The average molecular weight is 436 g/mol. The first-order valence-electron chi connectivity index (χ1n) is 10.2. The molecule has 0 radical (unpaired) electrons. The van der Waals surface area contributed by atoms with Gasteiger partial charge in [-0.05, 0) is 37.6 Å². The summed E-state index contributed by atoms with van der Waals surface area (Å²) < 4.78 is 7.19. The number of carbonyl (C=O) groups excluding carboxylic acids is 1. The summed E-state index contributed by atoms with van der Waals surface area (Å²) in [5, 5.41) is 2.93. The Hall–Kier alpha value is -2.90. The molecule has 1 amide bonds. The largest absolute Gasteiger partial charge is 0.383 e. The molecule has 1 aliphatic heterocycles. The Kier molecular flexibility index (Phi) is 6.25. The van der Waals surface area contributed by atoms with Crippen molar-refractivity contribution in [3.63, 3.8) is 0 Å². The number of aromatic nitrogens is 2. The molecule has 31 heavy (non-hydrogen) atoms. The zero-order valence-electron chi connectivity index (χ0n) is 17.8. The number of nitrogens with zero attached hydrogens (tertiary/aromatic N) is 2. The van der Waals surface area contributed by atoms with E-state index in [1.54, 1.807) is 31.1 Å². The van der Waals surface area contributed by atoms with E-state index in [0.29, 0.717) is 13.0 Å². The van der Waals surface area contributed by atoms with E-state index in [9.17, 15) is 9.59 Å². The molecule has 1 aliphatic rings. The van der Waals surface area contributed by atoms with Crippen molar-refractivity contribution in [2.24, 2.45) is 0 Å². The number of amides is 1. The molecular formula is C24H25N3O3S. The van der Waals surface area contributed by atoms with E-state index in [0.717, 1.165) is 27.5 Å². The molecule has 3 heterocycles. The van der Waals surface area contributed by atoms with Gasteiger partial charge in [0.2, 0.25) is 0 Å². The molecule has 4 rings (SSSR count). The van der Waals surface area contributed by atoms with Gasteiger partial charge in [0, 0.05) is 59.6 Å². The zero-order chi connectivity index (χ0) is 22.0. The van der Waals surface area contributed by atoms with Crippen LogP contribution in [0.4, 0.5) is 0 Å². The van der Waals surface area contributed by atoms with Crippen LogP contribution in [0.15, 0.2) is 64.5 Å². The Morgan fingerprint density at radius 3 is 2.87 bits per heavy atom. The van der Waals surface area contributed by atoms with Crippen molar-refractivity contribution < 1.29 is 9.53 Å². The number of methoxy groups -OCH3 is 1. The second kappa shape index (κ2) is 9.08. The number of aryl methyl sites for hydroxylation is 1. The Morgan fingerprint density at radius 1 is 1.32 bits per heavy atom. The Bertz CT molecular complexity index is 1160. The van der Waals surface area contributed by atoms with Crippen LogP contribution >= 0.6 is 11.8 Å². The molecule has 3 aromatic rings. The molecule has 1 N–H and O–H groups in total. The highest BCUT2D eigenvalue weighted by Crippen LogP contribution is 2.44. The van der Waals surface area contributed by atoms with Crippen molar-refractivity contribution in [1.82, 2.24) is 14.9 Å². The van der Waals surface area contributed by atoms with Crippen molar-refractivity contribution in [2.45, 2.75) is 36.5 Å². The van der Waals surface area contributed by atoms with Crippen LogP contribution in [-0.2, 0) is 11.2 Å². The molecule has 1 aromatic carbocycles. The molecule has 160 valence electrons. The van der Waals surface area contributed by atoms with Crippen molar-refractivity contribution in [1.29, 1.82) is 0 Å². The lowest BCUT2D eigenvalue weighted by molar-refractivity contribution is 0.0902. The van der Waals surface area contributed by atoms with E-state index in [4.69, 9.17) is 4.74 Å². The average Bonchev–Trinajstić information content (AvgIpc) is 2.91. The number of ether oxygens (including phenoxy) is 1. The van der Waals surface area contributed by atoms with E-state index in [1.807, 2.05) is 50.4 Å².